The van der Waals surface area contributed by atoms with Crippen molar-refractivity contribution in [3.05, 3.63) is 28.7 Å². The molecule has 17 heavy (non-hydrogen) atoms. The zero-order valence-electron chi connectivity index (χ0n) is 9.77. The SMILES string of the molecule is CC1CCCCN1S(=O)(=O)c1ccccc1Br. The lowest BCUT2D eigenvalue weighted by Crippen LogP contribution is -2.42. The third-order valence-corrected chi connectivity index (χ3v) is 6.19. The van der Waals surface area contributed by atoms with Crippen LogP contribution in [0.4, 0.5) is 0 Å². The van der Waals surface area contributed by atoms with Gasteiger partial charge in [0.2, 0.25) is 10.0 Å². The zero-order chi connectivity index (χ0) is 12.5. The van der Waals surface area contributed by atoms with Crippen LogP contribution in [0.25, 0.3) is 0 Å². The number of sulfonamides is 1. The summed E-state index contributed by atoms with van der Waals surface area (Å²) in [6, 6.07) is 7.10. The highest BCUT2D eigenvalue weighted by Gasteiger charge is 2.31. The monoisotopic (exact) mass is 317 g/mol. The summed E-state index contributed by atoms with van der Waals surface area (Å²) in [6.07, 6.45) is 3.01. The average Bonchev–Trinajstić information content (AvgIpc) is 2.29. The summed E-state index contributed by atoms with van der Waals surface area (Å²) < 4.78 is 27.3. The van der Waals surface area contributed by atoms with E-state index < -0.39 is 10.0 Å². The minimum absolute atomic E-state index is 0.0980. The quantitative estimate of drug-likeness (QED) is 0.840. The normalized spacial score (nSPS) is 22.6. The number of halogens is 1. The smallest absolute Gasteiger partial charge is 0.207 e. The number of hydrogen-bond acceptors (Lipinski definition) is 2. The van der Waals surface area contributed by atoms with Gasteiger partial charge in [-0.2, -0.15) is 4.31 Å². The second kappa shape index (κ2) is 5.08. The highest BCUT2D eigenvalue weighted by atomic mass is 79.9. The molecule has 0 N–H and O–H groups in total. The Morgan fingerprint density at radius 2 is 2.00 bits per heavy atom. The van der Waals surface area contributed by atoms with Crippen LogP contribution in [-0.4, -0.2) is 25.3 Å². The van der Waals surface area contributed by atoms with E-state index in [1.165, 1.54) is 0 Å². The Balaban J connectivity index is 2.39. The van der Waals surface area contributed by atoms with Gasteiger partial charge in [0.05, 0.1) is 4.90 Å². The molecule has 94 valence electrons. The fourth-order valence-corrected chi connectivity index (χ4v) is 4.87. The van der Waals surface area contributed by atoms with Crippen LogP contribution in [0.2, 0.25) is 0 Å². The molecule has 1 aromatic rings. The number of nitrogens with zero attached hydrogens (tertiary/aromatic N) is 1. The molecule has 5 heteroatoms. The topological polar surface area (TPSA) is 37.4 Å². The lowest BCUT2D eigenvalue weighted by molar-refractivity contribution is 0.268. The Kier molecular flexibility index (Phi) is 3.90. The Labute approximate surface area is 111 Å². The average molecular weight is 318 g/mol. The molecular weight excluding hydrogens is 302 g/mol. The van der Waals surface area contributed by atoms with Crippen LogP contribution >= 0.6 is 15.9 Å². The molecule has 0 spiro atoms. The van der Waals surface area contributed by atoms with Gasteiger partial charge in [-0.05, 0) is 47.8 Å². The summed E-state index contributed by atoms with van der Waals surface area (Å²) in [5.41, 5.74) is 0. The molecule has 1 heterocycles. The fraction of sp³-hybridized carbons (Fsp3) is 0.500. The molecule has 0 saturated carbocycles. The molecule has 1 unspecified atom stereocenters. The van der Waals surface area contributed by atoms with Crippen LogP contribution in [0.5, 0.6) is 0 Å². The molecule has 2 rings (SSSR count). The van der Waals surface area contributed by atoms with Crippen molar-refractivity contribution in [2.45, 2.75) is 37.1 Å². The second-order valence-corrected chi connectivity index (χ2v) is 7.10. The van der Waals surface area contributed by atoms with E-state index in [1.807, 2.05) is 13.0 Å². The van der Waals surface area contributed by atoms with Crippen molar-refractivity contribution in [3.63, 3.8) is 0 Å². The second-order valence-electron chi connectivity index (χ2n) is 4.39. The van der Waals surface area contributed by atoms with Gasteiger partial charge in [-0.3, -0.25) is 0 Å². The van der Waals surface area contributed by atoms with Gasteiger partial charge in [0.1, 0.15) is 0 Å². The molecule has 0 amide bonds. The van der Waals surface area contributed by atoms with E-state index in [9.17, 15) is 8.42 Å². The van der Waals surface area contributed by atoms with Gasteiger partial charge in [-0.25, -0.2) is 8.42 Å². The van der Waals surface area contributed by atoms with Crippen molar-refractivity contribution >= 4 is 26.0 Å². The number of piperidine rings is 1. The van der Waals surface area contributed by atoms with Crippen molar-refractivity contribution in [1.29, 1.82) is 0 Å². The fourth-order valence-electron chi connectivity index (χ4n) is 2.21. The van der Waals surface area contributed by atoms with Gasteiger partial charge in [0.25, 0.3) is 0 Å². The van der Waals surface area contributed by atoms with Gasteiger partial charge >= 0.3 is 0 Å². The highest BCUT2D eigenvalue weighted by molar-refractivity contribution is 9.10. The summed E-state index contributed by atoms with van der Waals surface area (Å²) in [5, 5.41) is 0. The molecule has 3 nitrogen and oxygen atoms in total. The number of rotatable bonds is 2. The van der Waals surface area contributed by atoms with Gasteiger partial charge in [0, 0.05) is 17.1 Å². The first-order valence-electron chi connectivity index (χ1n) is 5.80. The van der Waals surface area contributed by atoms with Crippen LogP contribution in [-0.2, 0) is 10.0 Å². The summed E-state index contributed by atoms with van der Waals surface area (Å²) in [7, 11) is -3.36. The van der Waals surface area contributed by atoms with Crippen molar-refractivity contribution in [1.82, 2.24) is 4.31 Å². The summed E-state index contributed by atoms with van der Waals surface area (Å²) in [5.74, 6) is 0. The maximum absolute atomic E-state index is 12.5. The summed E-state index contributed by atoms with van der Waals surface area (Å²) in [4.78, 5) is 0.369. The molecular formula is C12H16BrNO2S. The first-order chi connectivity index (χ1) is 8.03. The van der Waals surface area contributed by atoms with Crippen LogP contribution in [0, 0.1) is 0 Å². The first-order valence-corrected chi connectivity index (χ1v) is 8.03. The van der Waals surface area contributed by atoms with Crippen LogP contribution in [0.3, 0.4) is 0 Å². The molecule has 1 aliphatic rings. The van der Waals surface area contributed by atoms with Crippen molar-refractivity contribution in [3.8, 4) is 0 Å². The van der Waals surface area contributed by atoms with Crippen LogP contribution in [0.1, 0.15) is 26.2 Å². The largest absolute Gasteiger partial charge is 0.244 e. The standard InChI is InChI=1S/C12H16BrNO2S/c1-10-6-4-5-9-14(10)17(15,16)12-8-3-2-7-11(12)13/h2-3,7-8,10H,4-6,9H2,1H3. The first kappa shape index (κ1) is 13.1. The molecule has 0 aliphatic carbocycles. The van der Waals surface area contributed by atoms with E-state index in [2.05, 4.69) is 15.9 Å². The van der Waals surface area contributed by atoms with Gasteiger partial charge in [0.15, 0.2) is 0 Å². The highest BCUT2D eigenvalue weighted by Crippen LogP contribution is 2.29. The van der Waals surface area contributed by atoms with E-state index in [0.29, 0.717) is 15.9 Å². The van der Waals surface area contributed by atoms with Crippen LogP contribution in [0.15, 0.2) is 33.6 Å². The molecule has 1 aliphatic heterocycles. The van der Waals surface area contributed by atoms with E-state index in [-0.39, 0.29) is 6.04 Å². The molecule has 1 aromatic carbocycles. The predicted molar refractivity (Wildman–Crippen MR) is 71.3 cm³/mol. The van der Waals surface area contributed by atoms with E-state index >= 15 is 0 Å². The van der Waals surface area contributed by atoms with E-state index in [0.717, 1.165) is 19.3 Å². The maximum Gasteiger partial charge on any atom is 0.244 e. The van der Waals surface area contributed by atoms with E-state index in [1.54, 1.807) is 22.5 Å². The lowest BCUT2D eigenvalue weighted by Gasteiger charge is -2.32. The Morgan fingerprint density at radius 3 is 2.65 bits per heavy atom. The zero-order valence-corrected chi connectivity index (χ0v) is 12.2. The maximum atomic E-state index is 12.5. The van der Waals surface area contributed by atoms with Crippen LogP contribution < -0.4 is 0 Å². The van der Waals surface area contributed by atoms with Crippen molar-refractivity contribution < 1.29 is 8.42 Å². The minimum Gasteiger partial charge on any atom is -0.207 e. The third-order valence-electron chi connectivity index (χ3n) is 3.17. The third kappa shape index (κ3) is 2.56. The van der Waals surface area contributed by atoms with Crippen molar-refractivity contribution in [2.24, 2.45) is 0 Å². The Hall–Kier alpha value is -0.390. The van der Waals surface area contributed by atoms with E-state index in [4.69, 9.17) is 0 Å². The lowest BCUT2D eigenvalue weighted by atomic mass is 10.1. The number of hydrogen-bond donors (Lipinski definition) is 0. The minimum atomic E-state index is -3.36. The Morgan fingerprint density at radius 1 is 1.29 bits per heavy atom. The molecule has 1 fully saturated rings. The summed E-state index contributed by atoms with van der Waals surface area (Å²) in [6.45, 7) is 2.61. The van der Waals surface area contributed by atoms with Gasteiger partial charge in [-0.15, -0.1) is 0 Å². The van der Waals surface area contributed by atoms with Gasteiger partial charge in [-0.1, -0.05) is 18.6 Å². The number of benzene rings is 1. The molecule has 1 saturated heterocycles. The molecule has 1 atom stereocenters. The molecule has 0 bridgehead atoms. The van der Waals surface area contributed by atoms with Crippen molar-refractivity contribution in [2.75, 3.05) is 6.54 Å². The molecule has 0 aromatic heterocycles. The Bertz CT molecular complexity index is 501. The van der Waals surface area contributed by atoms with Gasteiger partial charge < -0.3 is 0 Å². The summed E-state index contributed by atoms with van der Waals surface area (Å²) >= 11 is 3.31. The molecule has 0 radical (unpaired) electrons. The predicted octanol–water partition coefficient (Wildman–Crippen LogP) is 3.01.